The van der Waals surface area contributed by atoms with Crippen LogP contribution in [-0.2, 0) is 15.9 Å². The van der Waals surface area contributed by atoms with Crippen LogP contribution in [0.1, 0.15) is 25.0 Å². The summed E-state index contributed by atoms with van der Waals surface area (Å²) >= 11 is 5.70. The van der Waals surface area contributed by atoms with E-state index in [0.717, 1.165) is 19.3 Å². The molecule has 0 amide bonds. The van der Waals surface area contributed by atoms with Crippen molar-refractivity contribution in [3.8, 4) is 0 Å². The zero-order valence-electron chi connectivity index (χ0n) is 12.2. The minimum Gasteiger partial charge on any atom is -0.363 e. The molecule has 20 heavy (non-hydrogen) atoms. The standard InChI is InChI=1S/C13H22ClN3O2S/c1-16(2)13(5-4-6-13)10-17(3)20(18,19)12-7-11(8-14)15-9-12/h7,9,15H,4-6,8,10H2,1-3H3. The van der Waals surface area contributed by atoms with Crippen LogP contribution in [0.4, 0.5) is 0 Å². The first-order chi connectivity index (χ1) is 9.32. The van der Waals surface area contributed by atoms with Crippen molar-refractivity contribution in [1.82, 2.24) is 14.2 Å². The summed E-state index contributed by atoms with van der Waals surface area (Å²) in [5, 5.41) is 0. The fourth-order valence-electron chi connectivity index (χ4n) is 2.66. The minimum absolute atomic E-state index is 0.0204. The van der Waals surface area contributed by atoms with Crippen LogP contribution in [0.5, 0.6) is 0 Å². The lowest BCUT2D eigenvalue weighted by molar-refractivity contribution is 0.0455. The molecule has 0 unspecified atom stereocenters. The van der Waals surface area contributed by atoms with E-state index in [-0.39, 0.29) is 16.3 Å². The number of nitrogens with one attached hydrogen (secondary N) is 1. The van der Waals surface area contributed by atoms with Crippen LogP contribution in [0.3, 0.4) is 0 Å². The van der Waals surface area contributed by atoms with Crippen molar-refractivity contribution in [3.05, 3.63) is 18.0 Å². The fraction of sp³-hybridized carbons (Fsp3) is 0.692. The first-order valence-electron chi connectivity index (χ1n) is 6.69. The van der Waals surface area contributed by atoms with Crippen molar-refractivity contribution < 1.29 is 8.42 Å². The lowest BCUT2D eigenvalue weighted by atomic mass is 9.75. The second-order valence-corrected chi connectivity index (χ2v) is 8.04. The Bertz CT molecular complexity index is 564. The highest BCUT2D eigenvalue weighted by Gasteiger charge is 2.42. The van der Waals surface area contributed by atoms with Crippen LogP contribution < -0.4 is 0 Å². The van der Waals surface area contributed by atoms with E-state index in [1.807, 2.05) is 14.1 Å². The summed E-state index contributed by atoms with van der Waals surface area (Å²) in [6.45, 7) is 0.518. The third kappa shape index (κ3) is 2.74. The van der Waals surface area contributed by atoms with Crippen LogP contribution in [0, 0.1) is 0 Å². The molecule has 7 heteroatoms. The fourth-order valence-corrected chi connectivity index (χ4v) is 4.08. The summed E-state index contributed by atoms with van der Waals surface area (Å²) in [6.07, 6.45) is 4.75. The number of nitrogens with zero attached hydrogens (tertiary/aromatic N) is 2. The Morgan fingerprint density at radius 1 is 1.35 bits per heavy atom. The van der Waals surface area contributed by atoms with E-state index in [1.54, 1.807) is 13.1 Å². The molecule has 0 saturated heterocycles. The predicted octanol–water partition coefficient (Wildman–Crippen LogP) is 1.86. The van der Waals surface area contributed by atoms with Crippen molar-refractivity contribution in [3.63, 3.8) is 0 Å². The maximum absolute atomic E-state index is 12.5. The molecule has 2 rings (SSSR count). The third-order valence-electron chi connectivity index (χ3n) is 4.32. The zero-order chi connectivity index (χ0) is 15.0. The molecule has 0 bridgehead atoms. The average Bonchev–Trinajstić information content (AvgIpc) is 2.82. The highest BCUT2D eigenvalue weighted by Crippen LogP contribution is 2.37. The lowest BCUT2D eigenvalue weighted by Crippen LogP contribution is -2.57. The van der Waals surface area contributed by atoms with E-state index < -0.39 is 10.0 Å². The van der Waals surface area contributed by atoms with E-state index in [1.165, 1.54) is 10.5 Å². The molecule has 1 aromatic heterocycles. The molecule has 1 saturated carbocycles. The van der Waals surface area contributed by atoms with Crippen molar-refractivity contribution >= 4 is 21.6 Å². The van der Waals surface area contributed by atoms with Gasteiger partial charge in [-0.2, -0.15) is 4.31 Å². The summed E-state index contributed by atoms with van der Waals surface area (Å²) in [5.74, 6) is 0.279. The summed E-state index contributed by atoms with van der Waals surface area (Å²) in [6, 6.07) is 1.60. The molecular formula is C13H22ClN3O2S. The minimum atomic E-state index is -3.45. The Kier molecular flexibility index (Phi) is 4.49. The number of likely N-dealkylation sites (N-methyl/N-ethyl adjacent to an activating group) is 2. The first-order valence-corrected chi connectivity index (χ1v) is 8.66. The van der Waals surface area contributed by atoms with E-state index in [4.69, 9.17) is 11.6 Å². The van der Waals surface area contributed by atoms with Gasteiger partial charge in [-0.3, -0.25) is 0 Å². The van der Waals surface area contributed by atoms with Crippen LogP contribution in [0.25, 0.3) is 0 Å². The molecule has 114 valence electrons. The predicted molar refractivity (Wildman–Crippen MR) is 80.4 cm³/mol. The lowest BCUT2D eigenvalue weighted by Gasteiger charge is -2.48. The highest BCUT2D eigenvalue weighted by molar-refractivity contribution is 7.89. The van der Waals surface area contributed by atoms with Gasteiger partial charge in [-0.25, -0.2) is 8.42 Å². The molecule has 1 aromatic rings. The van der Waals surface area contributed by atoms with Gasteiger partial charge in [-0.05, 0) is 39.4 Å². The number of H-pyrrole nitrogens is 1. The van der Waals surface area contributed by atoms with Crippen LogP contribution in [0.15, 0.2) is 17.2 Å². The first kappa shape index (κ1) is 15.8. The van der Waals surface area contributed by atoms with Gasteiger partial charge < -0.3 is 9.88 Å². The van der Waals surface area contributed by atoms with Gasteiger partial charge in [0, 0.05) is 31.0 Å². The molecule has 0 radical (unpaired) electrons. The SMILES string of the molecule is CN(C)C1(CN(C)S(=O)(=O)c2c[nH]c(CCl)c2)CCC1. The average molecular weight is 320 g/mol. The summed E-state index contributed by atoms with van der Waals surface area (Å²) in [5.41, 5.74) is 0.692. The van der Waals surface area contributed by atoms with E-state index in [9.17, 15) is 8.42 Å². The smallest absolute Gasteiger partial charge is 0.244 e. The van der Waals surface area contributed by atoms with Gasteiger partial charge in [0.25, 0.3) is 0 Å². The van der Waals surface area contributed by atoms with Crippen LogP contribution in [-0.4, -0.2) is 55.8 Å². The second-order valence-electron chi connectivity index (χ2n) is 5.73. The summed E-state index contributed by atoms with van der Waals surface area (Å²) in [4.78, 5) is 5.31. The Morgan fingerprint density at radius 2 is 2.00 bits per heavy atom. The van der Waals surface area contributed by atoms with Crippen molar-refractivity contribution in [2.45, 2.75) is 35.6 Å². The van der Waals surface area contributed by atoms with Crippen LogP contribution in [0.2, 0.25) is 0 Å². The monoisotopic (exact) mass is 319 g/mol. The highest BCUT2D eigenvalue weighted by atomic mass is 35.5. The molecule has 1 fully saturated rings. The normalized spacial score (nSPS) is 18.5. The van der Waals surface area contributed by atoms with Crippen molar-refractivity contribution in [2.75, 3.05) is 27.7 Å². The molecule has 5 nitrogen and oxygen atoms in total. The number of hydrogen-bond acceptors (Lipinski definition) is 3. The Labute approximate surface area is 126 Å². The van der Waals surface area contributed by atoms with Crippen molar-refractivity contribution in [2.24, 2.45) is 0 Å². The molecule has 0 aromatic carbocycles. The van der Waals surface area contributed by atoms with Gasteiger partial charge >= 0.3 is 0 Å². The number of aromatic amines is 1. The number of hydrogen-bond donors (Lipinski definition) is 1. The zero-order valence-corrected chi connectivity index (χ0v) is 13.8. The third-order valence-corrected chi connectivity index (χ3v) is 6.39. The van der Waals surface area contributed by atoms with E-state index in [2.05, 4.69) is 9.88 Å². The van der Waals surface area contributed by atoms with Gasteiger partial charge in [0.2, 0.25) is 10.0 Å². The van der Waals surface area contributed by atoms with Gasteiger partial charge in [0.15, 0.2) is 0 Å². The van der Waals surface area contributed by atoms with Crippen LogP contribution >= 0.6 is 11.6 Å². The molecule has 0 atom stereocenters. The van der Waals surface area contributed by atoms with Gasteiger partial charge in [-0.1, -0.05) is 0 Å². The van der Waals surface area contributed by atoms with E-state index >= 15 is 0 Å². The van der Waals surface area contributed by atoms with Crippen molar-refractivity contribution in [1.29, 1.82) is 0 Å². The summed E-state index contributed by atoms with van der Waals surface area (Å²) in [7, 11) is 2.22. The molecule has 1 aliphatic rings. The number of sulfonamides is 1. The Balaban J connectivity index is 2.17. The number of halogens is 1. The Morgan fingerprint density at radius 3 is 2.40 bits per heavy atom. The number of aromatic nitrogens is 1. The molecule has 1 N–H and O–H groups in total. The second kappa shape index (κ2) is 5.67. The molecular weight excluding hydrogens is 298 g/mol. The van der Waals surface area contributed by atoms with Gasteiger partial charge in [0.05, 0.1) is 10.8 Å². The molecule has 0 spiro atoms. The Hall–Kier alpha value is -0.560. The number of alkyl halides is 1. The topological polar surface area (TPSA) is 56.4 Å². The van der Waals surface area contributed by atoms with E-state index in [0.29, 0.717) is 12.2 Å². The molecule has 1 aliphatic carbocycles. The van der Waals surface area contributed by atoms with Gasteiger partial charge in [-0.15, -0.1) is 11.6 Å². The maximum atomic E-state index is 12.5. The number of rotatable bonds is 6. The maximum Gasteiger partial charge on any atom is 0.244 e. The quantitative estimate of drug-likeness (QED) is 0.814. The molecule has 0 aliphatic heterocycles. The van der Waals surface area contributed by atoms with Gasteiger partial charge in [0.1, 0.15) is 0 Å². The largest absolute Gasteiger partial charge is 0.363 e. The summed E-state index contributed by atoms with van der Waals surface area (Å²) < 4.78 is 26.5. The molecule has 1 heterocycles.